The van der Waals surface area contributed by atoms with Crippen LogP contribution in [0.3, 0.4) is 0 Å². The number of nitrogens with zero attached hydrogens (tertiary/aromatic N) is 4. The van der Waals surface area contributed by atoms with Crippen molar-refractivity contribution in [3.63, 3.8) is 0 Å². The lowest BCUT2D eigenvalue weighted by atomic mass is 10.4. The highest BCUT2D eigenvalue weighted by molar-refractivity contribution is 6.04. The third kappa shape index (κ3) is 3.74. The predicted octanol–water partition coefficient (Wildman–Crippen LogP) is -0.692. The Labute approximate surface area is 122 Å². The molecular formula is C13H17N5O3. The van der Waals surface area contributed by atoms with E-state index >= 15 is 0 Å². The monoisotopic (exact) mass is 291 g/mol. The fraction of sp³-hybridized carbons (Fsp3) is 0.462. The largest absolute Gasteiger partial charge is 0.363 e. The Kier molecular flexibility index (Phi) is 4.46. The Balaban J connectivity index is 1.88. The molecule has 1 aliphatic heterocycles. The minimum absolute atomic E-state index is 0.150. The second kappa shape index (κ2) is 6.29. The molecule has 1 aromatic rings. The van der Waals surface area contributed by atoms with Crippen molar-refractivity contribution < 1.29 is 14.4 Å². The second-order valence-electron chi connectivity index (χ2n) is 4.88. The SMILES string of the molecule is CN(C)c1ccnc(CNC(=O)CN2C(=O)CCC2=O)n1. The van der Waals surface area contributed by atoms with E-state index in [9.17, 15) is 14.4 Å². The molecule has 2 heterocycles. The second-order valence-corrected chi connectivity index (χ2v) is 4.88. The molecule has 0 atom stereocenters. The van der Waals surface area contributed by atoms with Crippen LogP contribution < -0.4 is 10.2 Å². The average Bonchev–Trinajstić information content (AvgIpc) is 2.77. The van der Waals surface area contributed by atoms with Crippen LogP contribution in [0.4, 0.5) is 5.82 Å². The number of amides is 3. The zero-order valence-corrected chi connectivity index (χ0v) is 12.0. The maximum Gasteiger partial charge on any atom is 0.240 e. The van der Waals surface area contributed by atoms with E-state index in [1.807, 2.05) is 19.0 Å². The highest BCUT2D eigenvalue weighted by Gasteiger charge is 2.30. The molecule has 0 unspecified atom stereocenters. The quantitative estimate of drug-likeness (QED) is 0.721. The number of anilines is 1. The van der Waals surface area contributed by atoms with Gasteiger partial charge in [-0.15, -0.1) is 0 Å². The highest BCUT2D eigenvalue weighted by Crippen LogP contribution is 2.10. The lowest BCUT2D eigenvalue weighted by Crippen LogP contribution is -2.39. The van der Waals surface area contributed by atoms with Crippen LogP contribution in [0.2, 0.25) is 0 Å². The van der Waals surface area contributed by atoms with Gasteiger partial charge in [-0.25, -0.2) is 9.97 Å². The van der Waals surface area contributed by atoms with Gasteiger partial charge in [0.15, 0.2) is 0 Å². The van der Waals surface area contributed by atoms with Crippen molar-refractivity contribution in [1.29, 1.82) is 0 Å². The molecule has 0 aliphatic carbocycles. The molecule has 1 fully saturated rings. The third-order valence-electron chi connectivity index (χ3n) is 3.05. The molecule has 3 amide bonds. The molecule has 0 aromatic carbocycles. The maximum atomic E-state index is 11.8. The van der Waals surface area contributed by atoms with E-state index in [4.69, 9.17) is 0 Å². The minimum atomic E-state index is -0.405. The fourth-order valence-corrected chi connectivity index (χ4v) is 1.90. The number of imide groups is 1. The summed E-state index contributed by atoms with van der Waals surface area (Å²) in [5, 5.41) is 2.60. The van der Waals surface area contributed by atoms with E-state index in [0.717, 1.165) is 10.7 Å². The van der Waals surface area contributed by atoms with Crippen LogP contribution >= 0.6 is 0 Å². The van der Waals surface area contributed by atoms with Gasteiger partial charge in [0, 0.05) is 33.1 Å². The number of likely N-dealkylation sites (tertiary alicyclic amines) is 1. The Morgan fingerprint density at radius 1 is 1.33 bits per heavy atom. The van der Waals surface area contributed by atoms with Crippen molar-refractivity contribution in [3.05, 3.63) is 18.1 Å². The first-order valence-electron chi connectivity index (χ1n) is 6.56. The molecule has 0 saturated carbocycles. The zero-order chi connectivity index (χ0) is 15.4. The highest BCUT2D eigenvalue weighted by atomic mass is 16.2. The third-order valence-corrected chi connectivity index (χ3v) is 3.05. The van der Waals surface area contributed by atoms with E-state index < -0.39 is 5.91 Å². The summed E-state index contributed by atoms with van der Waals surface area (Å²) in [5.74, 6) is 0.187. The van der Waals surface area contributed by atoms with Crippen LogP contribution in [0.15, 0.2) is 12.3 Å². The molecule has 0 radical (unpaired) electrons. The Bertz CT molecular complexity index is 557. The van der Waals surface area contributed by atoms with Crippen LogP contribution in [0.1, 0.15) is 18.7 Å². The minimum Gasteiger partial charge on any atom is -0.363 e. The Morgan fingerprint density at radius 3 is 2.62 bits per heavy atom. The van der Waals surface area contributed by atoms with E-state index in [1.165, 1.54) is 0 Å². The van der Waals surface area contributed by atoms with Crippen LogP contribution in [0.5, 0.6) is 0 Å². The molecule has 1 N–H and O–H groups in total. The average molecular weight is 291 g/mol. The molecule has 0 spiro atoms. The first-order valence-corrected chi connectivity index (χ1v) is 6.56. The van der Waals surface area contributed by atoms with Gasteiger partial charge in [0.2, 0.25) is 17.7 Å². The first kappa shape index (κ1) is 14.9. The van der Waals surface area contributed by atoms with Gasteiger partial charge in [-0.3, -0.25) is 19.3 Å². The van der Waals surface area contributed by atoms with Gasteiger partial charge in [0.05, 0.1) is 6.54 Å². The fourth-order valence-electron chi connectivity index (χ4n) is 1.90. The van der Waals surface area contributed by atoms with Crippen LogP contribution in [-0.2, 0) is 20.9 Å². The molecule has 21 heavy (non-hydrogen) atoms. The van der Waals surface area contributed by atoms with Crippen molar-refractivity contribution in [3.8, 4) is 0 Å². The van der Waals surface area contributed by atoms with Gasteiger partial charge in [-0.2, -0.15) is 0 Å². The number of hydrogen-bond donors (Lipinski definition) is 1. The number of carbonyl (C=O) groups excluding carboxylic acids is 3. The van der Waals surface area contributed by atoms with Crippen molar-refractivity contribution >= 4 is 23.5 Å². The summed E-state index contributed by atoms with van der Waals surface area (Å²) in [6.45, 7) is -0.0955. The van der Waals surface area contributed by atoms with Crippen LogP contribution in [-0.4, -0.2) is 53.2 Å². The molecule has 1 aliphatic rings. The van der Waals surface area contributed by atoms with Gasteiger partial charge in [-0.05, 0) is 6.07 Å². The number of carbonyl (C=O) groups is 3. The van der Waals surface area contributed by atoms with E-state index in [0.29, 0.717) is 5.82 Å². The van der Waals surface area contributed by atoms with Crippen molar-refractivity contribution in [2.24, 2.45) is 0 Å². The molecule has 8 nitrogen and oxygen atoms in total. The first-order chi connectivity index (χ1) is 9.97. The van der Waals surface area contributed by atoms with Crippen molar-refractivity contribution in [2.75, 3.05) is 25.5 Å². The van der Waals surface area contributed by atoms with E-state index in [1.54, 1.807) is 12.3 Å². The van der Waals surface area contributed by atoms with Gasteiger partial charge < -0.3 is 10.2 Å². The lowest BCUT2D eigenvalue weighted by molar-refractivity contribution is -0.142. The molecular weight excluding hydrogens is 274 g/mol. The van der Waals surface area contributed by atoms with Gasteiger partial charge in [-0.1, -0.05) is 0 Å². The normalized spacial score (nSPS) is 14.5. The summed E-state index contributed by atoms with van der Waals surface area (Å²) in [5.41, 5.74) is 0. The summed E-state index contributed by atoms with van der Waals surface area (Å²) in [6, 6.07) is 1.76. The number of nitrogens with one attached hydrogen (secondary N) is 1. The zero-order valence-electron chi connectivity index (χ0n) is 12.0. The Morgan fingerprint density at radius 2 is 2.00 bits per heavy atom. The Hall–Kier alpha value is -2.51. The topological polar surface area (TPSA) is 95.5 Å². The lowest BCUT2D eigenvalue weighted by Gasteiger charge is -2.14. The predicted molar refractivity (Wildman–Crippen MR) is 74.2 cm³/mol. The van der Waals surface area contributed by atoms with E-state index in [-0.39, 0.29) is 37.7 Å². The maximum absolute atomic E-state index is 11.8. The molecule has 2 rings (SSSR count). The summed E-state index contributed by atoms with van der Waals surface area (Å²) in [4.78, 5) is 45.7. The molecule has 8 heteroatoms. The summed E-state index contributed by atoms with van der Waals surface area (Å²) in [7, 11) is 3.71. The van der Waals surface area contributed by atoms with E-state index in [2.05, 4.69) is 15.3 Å². The van der Waals surface area contributed by atoms with Crippen molar-refractivity contribution in [2.45, 2.75) is 19.4 Å². The molecule has 1 aromatic heterocycles. The smallest absolute Gasteiger partial charge is 0.240 e. The standard InChI is InChI=1S/C13H17N5O3/c1-17(2)10-5-6-14-9(16-10)7-15-11(19)8-18-12(20)3-4-13(18)21/h5-6H,3-4,7-8H2,1-2H3,(H,15,19). The van der Waals surface area contributed by atoms with Crippen LogP contribution in [0.25, 0.3) is 0 Å². The summed E-state index contributed by atoms with van der Waals surface area (Å²) in [6.07, 6.45) is 1.97. The number of hydrogen-bond acceptors (Lipinski definition) is 6. The van der Waals surface area contributed by atoms with Gasteiger partial charge in [0.1, 0.15) is 18.2 Å². The molecule has 112 valence electrons. The summed E-state index contributed by atoms with van der Waals surface area (Å²) >= 11 is 0. The molecule has 1 saturated heterocycles. The van der Waals surface area contributed by atoms with Crippen LogP contribution in [0, 0.1) is 0 Å². The number of aromatic nitrogens is 2. The molecule has 0 bridgehead atoms. The van der Waals surface area contributed by atoms with Gasteiger partial charge >= 0.3 is 0 Å². The van der Waals surface area contributed by atoms with Gasteiger partial charge in [0.25, 0.3) is 0 Å². The number of rotatable bonds is 5. The van der Waals surface area contributed by atoms with Crippen molar-refractivity contribution in [1.82, 2.24) is 20.2 Å². The summed E-state index contributed by atoms with van der Waals surface area (Å²) < 4.78 is 0.